The lowest BCUT2D eigenvalue weighted by atomic mass is 9.70. The van der Waals surface area contributed by atoms with Gasteiger partial charge in [0.05, 0.1) is 0 Å². The molecule has 0 saturated heterocycles. The zero-order valence-electron chi connectivity index (χ0n) is 19.9. The molecule has 0 atom stereocenters. The highest BCUT2D eigenvalue weighted by Crippen LogP contribution is 2.57. The van der Waals surface area contributed by atoms with Gasteiger partial charge < -0.3 is 0 Å². The highest BCUT2D eigenvalue weighted by Gasteiger charge is 2.43. The lowest BCUT2D eigenvalue weighted by molar-refractivity contribution is 0.401. The molecule has 0 N–H and O–H groups in total. The Morgan fingerprint density at radius 2 is 1.39 bits per heavy atom. The molecule has 0 bridgehead atoms. The Bertz CT molecular complexity index is 992. The smallest absolute Gasteiger partial charge is 0.0389 e. The predicted molar refractivity (Wildman–Crippen MR) is 141 cm³/mol. The van der Waals surface area contributed by atoms with Crippen molar-refractivity contribution in [1.82, 2.24) is 0 Å². The van der Waals surface area contributed by atoms with Crippen LogP contribution in [-0.4, -0.2) is 0 Å². The molecule has 0 amide bonds. The van der Waals surface area contributed by atoms with Crippen LogP contribution in [0, 0.1) is 13.8 Å². The van der Waals surface area contributed by atoms with Crippen molar-refractivity contribution in [1.29, 1.82) is 0 Å². The summed E-state index contributed by atoms with van der Waals surface area (Å²) in [7, 11) is 0. The van der Waals surface area contributed by atoms with Gasteiger partial charge in [0.25, 0.3) is 0 Å². The first-order chi connectivity index (χ1) is 15.1. The van der Waals surface area contributed by atoms with Crippen molar-refractivity contribution in [3.8, 4) is 20.9 Å². The summed E-state index contributed by atoms with van der Waals surface area (Å²) in [6, 6.07) is 14.5. The fourth-order valence-electron chi connectivity index (χ4n) is 5.47. The van der Waals surface area contributed by atoms with Gasteiger partial charge in [-0.25, -0.2) is 0 Å². The van der Waals surface area contributed by atoms with Crippen molar-refractivity contribution in [3.05, 3.63) is 57.3 Å². The zero-order valence-corrected chi connectivity index (χ0v) is 21.5. The molecule has 0 unspecified atom stereocenters. The van der Waals surface area contributed by atoms with Gasteiger partial charge in [-0.2, -0.15) is 0 Å². The largest absolute Gasteiger partial charge is 0.141 e. The molecule has 0 spiro atoms. The van der Waals surface area contributed by atoms with Crippen LogP contribution in [0.15, 0.2) is 36.4 Å². The van der Waals surface area contributed by atoms with Gasteiger partial charge in [-0.1, -0.05) is 77.3 Å². The average Bonchev–Trinajstić information content (AvgIpc) is 3.43. The molecule has 0 nitrogen and oxygen atoms in total. The fourth-order valence-corrected chi connectivity index (χ4v) is 7.48. The van der Waals surface area contributed by atoms with E-state index in [1.54, 1.807) is 16.0 Å². The molecule has 2 aromatic heterocycles. The van der Waals surface area contributed by atoms with E-state index in [-0.39, 0.29) is 5.41 Å². The average molecular weight is 451 g/mol. The van der Waals surface area contributed by atoms with E-state index in [9.17, 15) is 0 Å². The van der Waals surface area contributed by atoms with Crippen LogP contribution in [0.3, 0.4) is 0 Å². The van der Waals surface area contributed by atoms with E-state index in [0.29, 0.717) is 0 Å². The molecular formula is C29H38S2. The lowest BCUT2D eigenvalue weighted by Crippen LogP contribution is -2.25. The number of thiophene rings is 2. The molecular weight excluding hydrogens is 412 g/mol. The normalized spacial score (nSPS) is 14.1. The molecule has 4 rings (SSSR count). The minimum absolute atomic E-state index is 0.221. The molecule has 0 fully saturated rings. The van der Waals surface area contributed by atoms with Crippen LogP contribution in [0.25, 0.3) is 20.9 Å². The number of rotatable bonds is 11. The molecule has 0 saturated carbocycles. The number of hydrogen-bond donors (Lipinski definition) is 0. The van der Waals surface area contributed by atoms with Crippen molar-refractivity contribution in [2.24, 2.45) is 0 Å². The molecule has 2 heterocycles. The van der Waals surface area contributed by atoms with Crippen molar-refractivity contribution in [3.63, 3.8) is 0 Å². The number of hydrogen-bond acceptors (Lipinski definition) is 2. The Kier molecular flexibility index (Phi) is 7.39. The van der Waals surface area contributed by atoms with E-state index in [1.807, 2.05) is 22.7 Å². The molecule has 3 aromatic rings. The number of aryl methyl sites for hydroxylation is 2. The van der Waals surface area contributed by atoms with Crippen LogP contribution >= 0.6 is 22.7 Å². The van der Waals surface area contributed by atoms with Crippen LogP contribution in [0.2, 0.25) is 0 Å². The standard InChI is InChI=1S/C29H38S2/c1-5-7-9-11-17-29(18-12-10-8-6-2)25-20-23(27-16-13-21(3)30-27)14-15-24(25)28-26(29)19-22(4)31-28/h13-16,19-20H,5-12,17-18H2,1-4H3. The van der Waals surface area contributed by atoms with E-state index in [0.717, 1.165) is 0 Å². The summed E-state index contributed by atoms with van der Waals surface area (Å²) in [5, 5.41) is 0. The third kappa shape index (κ3) is 4.57. The summed E-state index contributed by atoms with van der Waals surface area (Å²) in [6.45, 7) is 9.15. The van der Waals surface area contributed by atoms with Crippen LogP contribution in [-0.2, 0) is 5.41 Å². The van der Waals surface area contributed by atoms with Crippen LogP contribution < -0.4 is 0 Å². The maximum Gasteiger partial charge on any atom is 0.0389 e. The number of benzene rings is 1. The van der Waals surface area contributed by atoms with Gasteiger partial charge in [-0.05, 0) is 73.2 Å². The molecule has 2 heteroatoms. The molecule has 0 radical (unpaired) electrons. The highest BCUT2D eigenvalue weighted by atomic mass is 32.1. The van der Waals surface area contributed by atoms with Gasteiger partial charge in [0.1, 0.15) is 0 Å². The second kappa shape index (κ2) is 10.0. The van der Waals surface area contributed by atoms with Crippen molar-refractivity contribution >= 4 is 22.7 Å². The van der Waals surface area contributed by atoms with E-state index >= 15 is 0 Å². The second-order valence-electron chi connectivity index (χ2n) is 9.47. The van der Waals surface area contributed by atoms with Crippen molar-refractivity contribution in [2.75, 3.05) is 0 Å². The maximum absolute atomic E-state index is 2.57. The number of unbranched alkanes of at least 4 members (excludes halogenated alkanes) is 6. The third-order valence-corrected chi connectivity index (χ3v) is 9.22. The molecule has 1 aromatic carbocycles. The third-order valence-electron chi connectivity index (χ3n) is 7.09. The summed E-state index contributed by atoms with van der Waals surface area (Å²) in [5.41, 5.74) is 6.44. The molecule has 1 aliphatic carbocycles. The van der Waals surface area contributed by atoms with Gasteiger partial charge in [0.2, 0.25) is 0 Å². The minimum Gasteiger partial charge on any atom is -0.141 e. The Morgan fingerprint density at radius 3 is 2.00 bits per heavy atom. The van der Waals surface area contributed by atoms with Crippen LogP contribution in [0.4, 0.5) is 0 Å². The summed E-state index contributed by atoms with van der Waals surface area (Å²) in [4.78, 5) is 5.85. The minimum atomic E-state index is 0.221. The Hall–Kier alpha value is -1.38. The van der Waals surface area contributed by atoms with Gasteiger partial charge in [-0.3, -0.25) is 0 Å². The summed E-state index contributed by atoms with van der Waals surface area (Å²) in [5.74, 6) is 0. The summed E-state index contributed by atoms with van der Waals surface area (Å²) in [6.07, 6.45) is 13.4. The SMILES string of the molecule is CCCCCCC1(CCCCCC)c2cc(-c3ccc(C)s3)ccc2-c2sc(C)cc21. The first-order valence-electron chi connectivity index (χ1n) is 12.4. The van der Waals surface area contributed by atoms with E-state index in [1.165, 1.54) is 90.0 Å². The Morgan fingerprint density at radius 1 is 0.677 bits per heavy atom. The highest BCUT2D eigenvalue weighted by molar-refractivity contribution is 7.16. The maximum atomic E-state index is 2.57. The van der Waals surface area contributed by atoms with Crippen LogP contribution in [0.1, 0.15) is 98.9 Å². The Balaban J connectivity index is 1.77. The first-order valence-corrected chi connectivity index (χ1v) is 14.0. The quantitative estimate of drug-likeness (QED) is 0.255. The molecule has 31 heavy (non-hydrogen) atoms. The van der Waals surface area contributed by atoms with Gasteiger partial charge in [0, 0.05) is 24.9 Å². The van der Waals surface area contributed by atoms with E-state index in [4.69, 9.17) is 0 Å². The first kappa shape index (κ1) is 22.8. The second-order valence-corrected chi connectivity index (χ2v) is 12.0. The fraction of sp³-hybridized carbons (Fsp3) is 0.517. The van der Waals surface area contributed by atoms with Gasteiger partial charge in [-0.15, -0.1) is 22.7 Å². The van der Waals surface area contributed by atoms with Gasteiger partial charge in [0.15, 0.2) is 0 Å². The summed E-state index contributed by atoms with van der Waals surface area (Å²) >= 11 is 3.94. The Labute approximate surface area is 197 Å². The molecule has 166 valence electrons. The van der Waals surface area contributed by atoms with Crippen molar-refractivity contribution in [2.45, 2.75) is 97.3 Å². The molecule has 0 aliphatic heterocycles. The van der Waals surface area contributed by atoms with E-state index in [2.05, 4.69) is 64.1 Å². The van der Waals surface area contributed by atoms with Gasteiger partial charge >= 0.3 is 0 Å². The van der Waals surface area contributed by atoms with Crippen LogP contribution in [0.5, 0.6) is 0 Å². The molecule has 1 aliphatic rings. The number of fused-ring (bicyclic) bond motifs is 3. The lowest BCUT2D eigenvalue weighted by Gasteiger charge is -2.32. The van der Waals surface area contributed by atoms with Crippen molar-refractivity contribution < 1.29 is 0 Å². The predicted octanol–water partition coefficient (Wildman–Crippen LogP) is 10.3. The van der Waals surface area contributed by atoms with E-state index < -0.39 is 0 Å². The summed E-state index contributed by atoms with van der Waals surface area (Å²) < 4.78 is 0. The monoisotopic (exact) mass is 450 g/mol. The zero-order chi connectivity index (χ0) is 21.8. The topological polar surface area (TPSA) is 0 Å².